The van der Waals surface area contributed by atoms with E-state index in [4.69, 9.17) is 25.8 Å². The number of amides is 3. The number of carbonyl (C=O) groups excluding carboxylic acids is 3. The van der Waals surface area contributed by atoms with Gasteiger partial charge in [-0.15, -0.1) is 0 Å². The van der Waals surface area contributed by atoms with Gasteiger partial charge in [-0.2, -0.15) is 5.10 Å². The Bertz CT molecular complexity index is 1190. The number of allylic oxidation sites excluding steroid dienone is 4. The van der Waals surface area contributed by atoms with Crippen LogP contribution < -0.4 is 10.6 Å². The van der Waals surface area contributed by atoms with Crippen molar-refractivity contribution in [2.45, 2.75) is 86.0 Å². The summed E-state index contributed by atoms with van der Waals surface area (Å²) in [4.78, 5) is 42.7. The number of hydrogen-bond donors (Lipinski definition) is 2. The number of amidine groups is 1. The second kappa shape index (κ2) is 18.0. The normalized spacial score (nSPS) is 13.1. The van der Waals surface area contributed by atoms with E-state index in [1.165, 1.54) is 7.11 Å². The van der Waals surface area contributed by atoms with Gasteiger partial charge < -0.3 is 24.4 Å². The van der Waals surface area contributed by atoms with E-state index < -0.39 is 23.2 Å². The van der Waals surface area contributed by atoms with Gasteiger partial charge in [0, 0.05) is 31.4 Å². The maximum absolute atomic E-state index is 12.7. The Morgan fingerprint density at radius 3 is 2.33 bits per heavy atom. The number of nitrogens with one attached hydrogen (secondary N) is 2. The maximum atomic E-state index is 12.7. The molecule has 1 aromatic rings. The van der Waals surface area contributed by atoms with E-state index in [2.05, 4.69) is 20.7 Å². The van der Waals surface area contributed by atoms with Gasteiger partial charge in [0.25, 0.3) is 6.02 Å². The van der Waals surface area contributed by atoms with E-state index in [0.29, 0.717) is 36.8 Å². The van der Waals surface area contributed by atoms with Gasteiger partial charge in [-0.1, -0.05) is 24.6 Å². The molecule has 12 nitrogen and oxygen atoms in total. The van der Waals surface area contributed by atoms with Gasteiger partial charge in [0.15, 0.2) is 0 Å². The lowest BCUT2D eigenvalue weighted by atomic mass is 10.2. The number of methoxy groups -OCH3 is 1. The maximum Gasteiger partial charge on any atom is 0.415 e. The van der Waals surface area contributed by atoms with E-state index in [0.717, 1.165) is 12.0 Å². The lowest BCUT2D eigenvalue weighted by Crippen LogP contribution is -2.37. The highest BCUT2D eigenvalue weighted by Crippen LogP contribution is 2.14. The van der Waals surface area contributed by atoms with Crippen LogP contribution in [0.5, 0.6) is 0 Å². The summed E-state index contributed by atoms with van der Waals surface area (Å²) < 4.78 is 17.4. The summed E-state index contributed by atoms with van der Waals surface area (Å²) in [6, 6.07) is -0.164. The molecule has 0 spiro atoms. The molecule has 0 saturated heterocycles. The van der Waals surface area contributed by atoms with Gasteiger partial charge in [0.05, 0.1) is 24.0 Å². The SMILES string of the molecule is CC\C=C/C(Cl)=C(\C=C\c1cnn(CCCN(CC)C(=O)OC(C)(C)C)c1)NC(=O)CN=C(NC(=O)OC(C)(C)C)OC. The standard InChI is InChI=1S/C30H47ClN6O6/c1-10-12-14-23(31)24(34-25(38)20-32-26(41-9)35-27(39)42-29(3,4)5)16-15-22-19-33-37(21-22)18-13-17-36(11-2)28(40)43-30(6,7)8/h12,14-16,19,21H,10-11,13,17-18,20H2,1-9H3,(H,34,38)(H,32,35,39)/b14-12-,16-15+,24-23-. The number of aryl methyl sites for hydroxylation is 1. The molecule has 0 aliphatic rings. The Morgan fingerprint density at radius 2 is 1.74 bits per heavy atom. The van der Waals surface area contributed by atoms with Crippen LogP contribution in [0.3, 0.4) is 0 Å². The smallest absolute Gasteiger partial charge is 0.415 e. The van der Waals surface area contributed by atoms with Crippen molar-refractivity contribution >= 4 is 41.8 Å². The molecule has 1 heterocycles. The summed E-state index contributed by atoms with van der Waals surface area (Å²) >= 11 is 6.47. The Labute approximate surface area is 260 Å². The fourth-order valence-electron chi connectivity index (χ4n) is 3.27. The number of carbonyl (C=O) groups is 3. The van der Waals surface area contributed by atoms with Crippen molar-refractivity contribution in [3.63, 3.8) is 0 Å². The first-order valence-electron chi connectivity index (χ1n) is 14.2. The molecule has 13 heteroatoms. The Balaban J connectivity index is 2.87. The Hall–Kier alpha value is -3.80. The molecule has 240 valence electrons. The van der Waals surface area contributed by atoms with Crippen LogP contribution in [0.15, 0.2) is 46.3 Å². The van der Waals surface area contributed by atoms with Gasteiger partial charge in [-0.25, -0.2) is 19.9 Å². The molecular weight excluding hydrogens is 576 g/mol. The van der Waals surface area contributed by atoms with Crippen molar-refractivity contribution in [2.75, 3.05) is 26.7 Å². The molecular formula is C30H47ClN6O6. The third-order valence-corrected chi connectivity index (χ3v) is 5.47. The Kier molecular flexibility index (Phi) is 15.6. The summed E-state index contributed by atoms with van der Waals surface area (Å²) in [5.74, 6) is -0.482. The summed E-state index contributed by atoms with van der Waals surface area (Å²) in [6.07, 6.45) is 10.9. The van der Waals surface area contributed by atoms with E-state index in [1.807, 2.05) is 46.9 Å². The zero-order valence-corrected chi connectivity index (χ0v) is 27.6. The molecule has 0 unspecified atom stereocenters. The molecule has 2 N–H and O–H groups in total. The molecule has 0 aromatic carbocycles. The predicted octanol–water partition coefficient (Wildman–Crippen LogP) is 5.60. The van der Waals surface area contributed by atoms with Crippen LogP contribution in [0.2, 0.25) is 0 Å². The number of alkyl carbamates (subject to hydrolysis) is 1. The van der Waals surface area contributed by atoms with Crippen molar-refractivity contribution in [3.8, 4) is 0 Å². The minimum Gasteiger partial charge on any atom is -0.468 e. The van der Waals surface area contributed by atoms with Crippen molar-refractivity contribution < 1.29 is 28.6 Å². The van der Waals surface area contributed by atoms with Crippen LogP contribution in [0.1, 0.15) is 73.8 Å². The zero-order valence-electron chi connectivity index (χ0n) is 26.8. The number of hydrogen-bond acceptors (Lipinski definition) is 8. The Morgan fingerprint density at radius 1 is 1.07 bits per heavy atom. The fraction of sp³-hybridized carbons (Fsp3) is 0.567. The topological polar surface area (TPSA) is 136 Å². The zero-order chi connectivity index (χ0) is 32.6. The van der Waals surface area contributed by atoms with Gasteiger partial charge in [0.2, 0.25) is 5.91 Å². The van der Waals surface area contributed by atoms with Crippen molar-refractivity contribution in [1.29, 1.82) is 0 Å². The average molecular weight is 623 g/mol. The quantitative estimate of drug-likeness (QED) is 0.176. The van der Waals surface area contributed by atoms with Crippen LogP contribution in [0.25, 0.3) is 6.08 Å². The van der Waals surface area contributed by atoms with E-state index in [9.17, 15) is 14.4 Å². The second-order valence-corrected chi connectivity index (χ2v) is 11.8. The third kappa shape index (κ3) is 16.4. The molecule has 0 saturated carbocycles. The van der Waals surface area contributed by atoms with E-state index in [-0.39, 0.29) is 18.7 Å². The highest BCUT2D eigenvalue weighted by molar-refractivity contribution is 6.31. The lowest BCUT2D eigenvalue weighted by molar-refractivity contribution is -0.118. The van der Waals surface area contributed by atoms with Crippen molar-refractivity contribution in [2.24, 2.45) is 4.99 Å². The minimum atomic E-state index is -0.754. The number of aliphatic imine (C=N–C) groups is 1. The number of halogens is 1. The highest BCUT2D eigenvalue weighted by Gasteiger charge is 2.21. The largest absolute Gasteiger partial charge is 0.468 e. The highest BCUT2D eigenvalue weighted by atomic mass is 35.5. The predicted molar refractivity (Wildman–Crippen MR) is 168 cm³/mol. The molecule has 0 aliphatic carbocycles. The molecule has 1 aromatic heterocycles. The molecule has 0 fully saturated rings. The van der Waals surface area contributed by atoms with Crippen molar-refractivity contribution in [1.82, 2.24) is 25.3 Å². The van der Waals surface area contributed by atoms with Crippen LogP contribution >= 0.6 is 11.6 Å². The number of aromatic nitrogens is 2. The average Bonchev–Trinajstić information content (AvgIpc) is 3.35. The van der Waals surface area contributed by atoms with Crippen LogP contribution in [0, 0.1) is 0 Å². The fourth-order valence-corrected chi connectivity index (χ4v) is 3.47. The first kappa shape index (κ1) is 37.2. The second-order valence-electron chi connectivity index (χ2n) is 11.4. The third-order valence-electron chi connectivity index (χ3n) is 5.14. The molecule has 0 bridgehead atoms. The van der Waals surface area contributed by atoms with Gasteiger partial charge in [0.1, 0.15) is 17.7 Å². The molecule has 0 atom stereocenters. The van der Waals surface area contributed by atoms with Gasteiger partial charge in [-0.3, -0.25) is 9.48 Å². The molecule has 3 amide bonds. The van der Waals surface area contributed by atoms with Gasteiger partial charge in [-0.05, 0) is 79.5 Å². The number of ether oxygens (including phenoxy) is 3. The van der Waals surface area contributed by atoms with Gasteiger partial charge >= 0.3 is 12.2 Å². The first-order valence-corrected chi connectivity index (χ1v) is 14.6. The van der Waals surface area contributed by atoms with Crippen LogP contribution in [-0.4, -0.2) is 76.7 Å². The van der Waals surface area contributed by atoms with Crippen LogP contribution in [-0.2, 0) is 25.5 Å². The summed E-state index contributed by atoms with van der Waals surface area (Å²) in [5.41, 5.74) is -0.107. The summed E-state index contributed by atoms with van der Waals surface area (Å²) in [5, 5.41) is 9.81. The monoisotopic (exact) mass is 622 g/mol. The lowest BCUT2D eigenvalue weighted by Gasteiger charge is -2.26. The molecule has 0 aliphatic heterocycles. The molecule has 43 heavy (non-hydrogen) atoms. The number of nitrogens with zero attached hydrogens (tertiary/aromatic N) is 4. The number of rotatable bonds is 12. The molecule has 0 radical (unpaired) electrons. The summed E-state index contributed by atoms with van der Waals surface area (Å²) in [7, 11) is 1.32. The van der Waals surface area contributed by atoms with Crippen molar-refractivity contribution in [3.05, 3.63) is 46.9 Å². The first-order chi connectivity index (χ1) is 20.1. The van der Waals surface area contributed by atoms with E-state index in [1.54, 1.807) is 54.8 Å². The van der Waals surface area contributed by atoms with E-state index >= 15 is 0 Å². The summed E-state index contributed by atoms with van der Waals surface area (Å²) in [6.45, 7) is 15.9. The minimum absolute atomic E-state index is 0.164. The molecule has 1 rings (SSSR count). The van der Waals surface area contributed by atoms with Crippen LogP contribution in [0.4, 0.5) is 9.59 Å².